The number of likely N-dealkylation sites (N-methyl/N-ethyl adjacent to an activating group) is 1. The van der Waals surface area contributed by atoms with Crippen LogP contribution in [0.15, 0.2) is 67.3 Å². The molecule has 2 aliphatic heterocycles. The second kappa shape index (κ2) is 8.87. The topological polar surface area (TPSA) is 78.2 Å². The predicted octanol–water partition coefficient (Wildman–Crippen LogP) is 5.31. The number of nitrogens with zero attached hydrogens (tertiary/aromatic N) is 7. The second-order valence-electron chi connectivity index (χ2n) is 10.7. The van der Waals surface area contributed by atoms with E-state index < -0.39 is 17.5 Å². The number of benzene rings is 2. The van der Waals surface area contributed by atoms with Crippen LogP contribution in [0.4, 0.5) is 18.9 Å². The van der Waals surface area contributed by atoms with Crippen molar-refractivity contribution in [2.75, 3.05) is 25.0 Å². The van der Waals surface area contributed by atoms with Gasteiger partial charge in [-0.1, -0.05) is 6.07 Å². The minimum Gasteiger partial charge on any atom is -0.365 e. The van der Waals surface area contributed by atoms with Crippen LogP contribution in [0.25, 0.3) is 50.2 Å². The summed E-state index contributed by atoms with van der Waals surface area (Å²) in [6.07, 6.45) is 7.31. The Hall–Kier alpha value is -4.77. The Balaban J connectivity index is 1.33. The molecule has 0 radical (unpaired) electrons. The zero-order valence-corrected chi connectivity index (χ0v) is 21.9. The first-order chi connectivity index (χ1) is 20.0. The Kier molecular flexibility index (Phi) is 5.20. The molecule has 2 bridgehead atoms. The Morgan fingerprint density at radius 1 is 0.878 bits per heavy atom. The van der Waals surface area contributed by atoms with Crippen molar-refractivity contribution in [3.63, 3.8) is 0 Å². The summed E-state index contributed by atoms with van der Waals surface area (Å²) in [4.78, 5) is 13.1. The molecule has 6 heterocycles. The van der Waals surface area contributed by atoms with Gasteiger partial charge in [0.15, 0.2) is 5.65 Å². The summed E-state index contributed by atoms with van der Waals surface area (Å²) in [5.74, 6) is -1.80. The van der Waals surface area contributed by atoms with Crippen LogP contribution in [0, 0.1) is 17.5 Å². The van der Waals surface area contributed by atoms with Crippen molar-refractivity contribution < 1.29 is 13.2 Å². The lowest BCUT2D eigenvalue weighted by molar-refractivity contribution is 0.292. The number of aromatic amines is 1. The molecular weight excluding hydrogens is 529 g/mol. The molecule has 2 atom stereocenters. The molecule has 6 aromatic rings. The number of rotatable bonds is 4. The predicted molar refractivity (Wildman–Crippen MR) is 149 cm³/mol. The lowest BCUT2D eigenvalue weighted by atomic mass is 9.98. The molecule has 204 valence electrons. The molecule has 41 heavy (non-hydrogen) atoms. The lowest BCUT2D eigenvalue weighted by Crippen LogP contribution is -2.44. The van der Waals surface area contributed by atoms with Crippen LogP contribution < -0.4 is 4.90 Å². The van der Waals surface area contributed by atoms with Crippen molar-refractivity contribution >= 4 is 22.2 Å². The number of aromatic nitrogens is 6. The van der Waals surface area contributed by atoms with Gasteiger partial charge in [0, 0.05) is 60.4 Å². The molecule has 0 aliphatic carbocycles. The summed E-state index contributed by atoms with van der Waals surface area (Å²) in [5, 5.41) is 12.1. The van der Waals surface area contributed by atoms with Gasteiger partial charge in [0.05, 0.1) is 23.0 Å². The van der Waals surface area contributed by atoms with E-state index in [0.29, 0.717) is 39.6 Å². The first-order valence-electron chi connectivity index (χ1n) is 13.3. The summed E-state index contributed by atoms with van der Waals surface area (Å²) >= 11 is 0. The highest BCUT2D eigenvalue weighted by atomic mass is 19.1. The van der Waals surface area contributed by atoms with Crippen molar-refractivity contribution in [3.05, 3.63) is 84.7 Å². The molecule has 2 saturated heterocycles. The molecule has 2 fully saturated rings. The fraction of sp³-hybridized carbons (Fsp3) is 0.200. The number of anilines is 1. The number of likely N-dealkylation sites (tertiary alicyclic amines) is 1. The van der Waals surface area contributed by atoms with Gasteiger partial charge in [-0.15, -0.1) is 0 Å². The van der Waals surface area contributed by atoms with Gasteiger partial charge in [-0.05, 0) is 55.4 Å². The fourth-order valence-corrected chi connectivity index (χ4v) is 6.47. The molecule has 4 aromatic heterocycles. The second-order valence-corrected chi connectivity index (χ2v) is 10.7. The van der Waals surface area contributed by atoms with E-state index in [1.807, 2.05) is 0 Å². The van der Waals surface area contributed by atoms with E-state index >= 15 is 8.78 Å². The quantitative estimate of drug-likeness (QED) is 0.319. The van der Waals surface area contributed by atoms with E-state index in [0.717, 1.165) is 25.1 Å². The first-order valence-corrected chi connectivity index (χ1v) is 13.3. The van der Waals surface area contributed by atoms with Crippen LogP contribution in [-0.2, 0) is 0 Å². The number of fused-ring (bicyclic) bond motifs is 4. The van der Waals surface area contributed by atoms with Crippen molar-refractivity contribution in [2.45, 2.75) is 18.5 Å². The molecule has 11 heteroatoms. The molecule has 0 spiro atoms. The van der Waals surface area contributed by atoms with Crippen LogP contribution in [0.1, 0.15) is 6.42 Å². The van der Waals surface area contributed by atoms with Crippen LogP contribution in [-0.4, -0.2) is 66.9 Å². The smallest absolute Gasteiger partial charge is 0.164 e. The van der Waals surface area contributed by atoms with E-state index in [-0.39, 0.29) is 22.8 Å². The number of halogens is 3. The molecule has 1 N–H and O–H groups in total. The van der Waals surface area contributed by atoms with Crippen molar-refractivity contribution in [3.8, 4) is 33.6 Å². The van der Waals surface area contributed by atoms with Gasteiger partial charge in [0.25, 0.3) is 0 Å². The van der Waals surface area contributed by atoms with E-state index in [9.17, 15) is 4.39 Å². The number of H-pyrrole nitrogens is 1. The molecule has 8 nitrogen and oxygen atoms in total. The first kappa shape index (κ1) is 24.1. The highest BCUT2D eigenvalue weighted by molar-refractivity contribution is 6.03. The van der Waals surface area contributed by atoms with Crippen LogP contribution in [0.5, 0.6) is 0 Å². The number of pyridine rings is 1. The zero-order valence-electron chi connectivity index (χ0n) is 21.9. The maximum absolute atomic E-state index is 15.9. The van der Waals surface area contributed by atoms with E-state index in [1.54, 1.807) is 36.7 Å². The number of hydrogen-bond acceptors (Lipinski definition) is 6. The highest BCUT2D eigenvalue weighted by Crippen LogP contribution is 2.41. The van der Waals surface area contributed by atoms with E-state index in [2.05, 4.69) is 37.0 Å². The number of nitrogens with one attached hydrogen (secondary N) is 1. The summed E-state index contributed by atoms with van der Waals surface area (Å²) in [5.41, 5.74) is 3.62. The van der Waals surface area contributed by atoms with Crippen molar-refractivity contribution in [1.29, 1.82) is 0 Å². The third kappa shape index (κ3) is 3.58. The lowest BCUT2D eigenvalue weighted by Gasteiger charge is -2.33. The van der Waals surface area contributed by atoms with Crippen LogP contribution >= 0.6 is 0 Å². The third-order valence-electron chi connectivity index (χ3n) is 8.44. The maximum Gasteiger partial charge on any atom is 0.164 e. The minimum absolute atomic E-state index is 0.189. The minimum atomic E-state index is -0.676. The average Bonchev–Trinajstić information content (AvgIpc) is 3.76. The Bertz CT molecular complexity index is 1940. The van der Waals surface area contributed by atoms with Crippen LogP contribution in [0.3, 0.4) is 0 Å². The molecule has 0 saturated carbocycles. The van der Waals surface area contributed by atoms with Gasteiger partial charge in [-0.2, -0.15) is 10.2 Å². The Labute approximate surface area is 232 Å². The molecule has 2 aliphatic rings. The summed E-state index contributed by atoms with van der Waals surface area (Å²) in [6, 6.07) is 11.6. The summed E-state index contributed by atoms with van der Waals surface area (Å²) in [7, 11) is 2.09. The van der Waals surface area contributed by atoms with Crippen molar-refractivity contribution in [1.82, 2.24) is 34.7 Å². The molecule has 0 amide bonds. The largest absolute Gasteiger partial charge is 0.365 e. The Morgan fingerprint density at radius 2 is 1.68 bits per heavy atom. The number of hydrogen-bond donors (Lipinski definition) is 1. The monoisotopic (exact) mass is 552 g/mol. The van der Waals surface area contributed by atoms with Gasteiger partial charge in [-0.25, -0.2) is 22.7 Å². The maximum atomic E-state index is 15.9. The normalized spacial score (nSPS) is 18.8. The van der Waals surface area contributed by atoms with E-state index in [1.165, 1.54) is 35.1 Å². The number of piperazine rings is 1. The average molecular weight is 553 g/mol. The van der Waals surface area contributed by atoms with Crippen LogP contribution in [0.2, 0.25) is 0 Å². The summed E-state index contributed by atoms with van der Waals surface area (Å²) in [6.45, 7) is 1.62. The van der Waals surface area contributed by atoms with E-state index in [4.69, 9.17) is 5.10 Å². The molecule has 2 aromatic carbocycles. The third-order valence-corrected chi connectivity index (χ3v) is 8.44. The van der Waals surface area contributed by atoms with Gasteiger partial charge in [-0.3, -0.25) is 15.0 Å². The highest BCUT2D eigenvalue weighted by Gasteiger charge is 2.41. The van der Waals surface area contributed by atoms with Crippen molar-refractivity contribution in [2.24, 2.45) is 0 Å². The molecule has 2 unspecified atom stereocenters. The molecular formula is C30H23F3N8. The van der Waals surface area contributed by atoms with Gasteiger partial charge in [0.2, 0.25) is 0 Å². The van der Waals surface area contributed by atoms with Gasteiger partial charge in [0.1, 0.15) is 28.7 Å². The fourth-order valence-electron chi connectivity index (χ4n) is 6.47. The van der Waals surface area contributed by atoms with Gasteiger partial charge < -0.3 is 4.90 Å². The van der Waals surface area contributed by atoms with Gasteiger partial charge >= 0.3 is 0 Å². The standard InChI is InChI=1S/C30H23F3N8/c1-39-14-19-10-18(39)15-40(19)17-11-23(32)27(24(33)12-17)25-6-9-35-30-26(20-2-3-22(31)29-21(20)13-36-37-29)28(38-41(25)30)16-4-7-34-8-5-16/h2-9,11-13,18-19H,10,14-15H2,1H3,(H,36,37). The summed E-state index contributed by atoms with van der Waals surface area (Å²) < 4.78 is 47.7. The Morgan fingerprint density at radius 3 is 2.41 bits per heavy atom. The SMILES string of the molecule is CN1CC2CC1CN2c1cc(F)c(-c2ccnc3c(-c4ccc(F)c5[nH]ncc45)c(-c4ccncc4)nn23)c(F)c1. The molecule has 8 rings (SSSR count). The zero-order chi connectivity index (χ0) is 27.8.